The summed E-state index contributed by atoms with van der Waals surface area (Å²) in [5.41, 5.74) is 14.6. The number of unbranched alkanes of at least 4 members (excludes halogenated alkanes) is 1. The largest absolute Gasteiger partial charge is 0.506 e. The van der Waals surface area contributed by atoms with Crippen LogP contribution in [0.5, 0.6) is 5.75 Å². The summed E-state index contributed by atoms with van der Waals surface area (Å²) in [6.45, 7) is 7.82. The third kappa shape index (κ3) is 15.7. The number of halogens is 1. The molecule has 3 aromatic carbocycles. The highest BCUT2D eigenvalue weighted by molar-refractivity contribution is 6.32. The van der Waals surface area contributed by atoms with Crippen molar-refractivity contribution in [2.45, 2.75) is 115 Å². The number of phenols is 1. The first kappa shape index (κ1) is 50.7. The van der Waals surface area contributed by atoms with Gasteiger partial charge >= 0.3 is 5.97 Å². The molecule has 16 nitrogen and oxygen atoms in total. The van der Waals surface area contributed by atoms with Gasteiger partial charge in [-0.2, -0.15) is 0 Å². The van der Waals surface area contributed by atoms with Gasteiger partial charge in [0.15, 0.2) is 0 Å². The van der Waals surface area contributed by atoms with Crippen LogP contribution >= 0.6 is 11.6 Å². The number of aromatic amines is 1. The van der Waals surface area contributed by atoms with Crippen molar-refractivity contribution in [3.05, 3.63) is 101 Å². The number of benzene rings is 3. The van der Waals surface area contributed by atoms with Crippen molar-refractivity contribution in [1.82, 2.24) is 31.6 Å². The van der Waals surface area contributed by atoms with E-state index in [2.05, 4.69) is 31.6 Å². The third-order valence-corrected chi connectivity index (χ3v) is 11.0. The fourth-order valence-corrected chi connectivity index (χ4v) is 7.50. The predicted octanol–water partition coefficient (Wildman–Crippen LogP) is 3.61. The Bertz CT molecular complexity index is 2180. The summed E-state index contributed by atoms with van der Waals surface area (Å²) >= 11 is 6.15. The lowest BCUT2D eigenvalue weighted by Gasteiger charge is -2.28. The Balaban J connectivity index is 1.59. The van der Waals surface area contributed by atoms with Crippen LogP contribution < -0.4 is 38.1 Å². The molecule has 4 rings (SSSR count). The van der Waals surface area contributed by atoms with Gasteiger partial charge in [0.25, 0.3) is 0 Å². The number of H-pyrrole nitrogens is 1. The highest BCUT2D eigenvalue weighted by atomic mass is 35.5. The van der Waals surface area contributed by atoms with Gasteiger partial charge in [-0.15, -0.1) is 0 Å². The van der Waals surface area contributed by atoms with E-state index in [9.17, 15) is 39.0 Å². The monoisotopic (exact) mass is 902 g/mol. The van der Waals surface area contributed by atoms with Gasteiger partial charge in [0, 0.05) is 29.9 Å². The number of rotatable bonds is 25. The van der Waals surface area contributed by atoms with Gasteiger partial charge in [0.2, 0.25) is 29.5 Å². The lowest BCUT2D eigenvalue weighted by atomic mass is 9.98. The molecule has 0 radical (unpaired) electrons. The van der Waals surface area contributed by atoms with E-state index in [0.29, 0.717) is 41.4 Å². The minimum Gasteiger partial charge on any atom is -0.506 e. The zero-order valence-corrected chi connectivity index (χ0v) is 37.6. The predicted molar refractivity (Wildman–Crippen MR) is 246 cm³/mol. The first-order valence-electron chi connectivity index (χ1n) is 21.7. The summed E-state index contributed by atoms with van der Waals surface area (Å²) in [6.07, 6.45) is 3.30. The molecule has 4 aromatic rings. The Kier molecular flexibility index (Phi) is 19.6. The average Bonchev–Trinajstić information content (AvgIpc) is 3.62. The first-order chi connectivity index (χ1) is 30.4. The van der Waals surface area contributed by atoms with Crippen molar-refractivity contribution in [3.8, 4) is 5.75 Å². The molecule has 1 heterocycles. The molecule has 0 aliphatic rings. The van der Waals surface area contributed by atoms with Crippen LogP contribution in [-0.2, 0) is 48.0 Å². The molecule has 64 heavy (non-hydrogen) atoms. The van der Waals surface area contributed by atoms with Crippen LogP contribution in [0, 0.1) is 11.8 Å². The van der Waals surface area contributed by atoms with E-state index in [1.165, 1.54) is 6.07 Å². The van der Waals surface area contributed by atoms with Crippen LogP contribution in [0.3, 0.4) is 0 Å². The number of carbonyl (C=O) groups is 6. The Hall–Kier alpha value is -5.97. The number of hydrogen-bond donors (Lipinski definition) is 10. The molecule has 5 amide bonds. The second-order valence-electron chi connectivity index (χ2n) is 17.0. The Morgan fingerprint density at radius 2 is 1.11 bits per heavy atom. The molecule has 12 N–H and O–H groups in total. The molecule has 0 saturated carbocycles. The van der Waals surface area contributed by atoms with E-state index in [-0.39, 0.29) is 61.1 Å². The number of hydrogen-bond acceptors (Lipinski definition) is 9. The molecule has 0 aliphatic carbocycles. The zero-order valence-electron chi connectivity index (χ0n) is 36.9. The van der Waals surface area contributed by atoms with Gasteiger partial charge < -0.3 is 53.2 Å². The summed E-state index contributed by atoms with van der Waals surface area (Å²) in [5.74, 6) is -4.98. The fraction of sp³-hybridized carbons (Fsp3) is 0.447. The molecular weight excluding hydrogens is 840 g/mol. The topological polar surface area (TPSA) is 271 Å². The number of nitrogens with two attached hydrogens (primary N) is 2. The summed E-state index contributed by atoms with van der Waals surface area (Å²) in [4.78, 5) is 85.3. The molecule has 17 heteroatoms. The lowest BCUT2D eigenvalue weighted by Crippen LogP contribution is -2.60. The second-order valence-corrected chi connectivity index (χ2v) is 17.4. The maximum Gasteiger partial charge on any atom is 0.326 e. The van der Waals surface area contributed by atoms with Crippen molar-refractivity contribution in [3.63, 3.8) is 0 Å². The lowest BCUT2D eigenvalue weighted by molar-refractivity contribution is -0.142. The minimum absolute atomic E-state index is 0.0349. The molecule has 346 valence electrons. The fourth-order valence-electron chi connectivity index (χ4n) is 7.33. The van der Waals surface area contributed by atoms with E-state index in [1.54, 1.807) is 42.6 Å². The Morgan fingerprint density at radius 3 is 1.62 bits per heavy atom. The number of amides is 5. The first-order valence-corrected chi connectivity index (χ1v) is 22.1. The number of aromatic hydroxyl groups is 1. The number of carboxylic acid groups (broad SMARTS) is 1. The van der Waals surface area contributed by atoms with Crippen LogP contribution in [0.2, 0.25) is 5.02 Å². The molecule has 6 atom stereocenters. The van der Waals surface area contributed by atoms with E-state index in [4.69, 9.17) is 23.1 Å². The van der Waals surface area contributed by atoms with Crippen LogP contribution in [0.1, 0.15) is 76.5 Å². The molecule has 0 aliphatic heterocycles. The molecule has 0 saturated heterocycles. The maximum atomic E-state index is 14.4. The van der Waals surface area contributed by atoms with Crippen LogP contribution in [0.4, 0.5) is 0 Å². The van der Waals surface area contributed by atoms with Crippen molar-refractivity contribution >= 4 is 58.0 Å². The number of aliphatic carboxylic acids is 1. The number of nitrogens with one attached hydrogen (secondary N) is 6. The van der Waals surface area contributed by atoms with Crippen molar-refractivity contribution < 1.29 is 39.0 Å². The van der Waals surface area contributed by atoms with E-state index in [0.717, 1.165) is 5.56 Å². The van der Waals surface area contributed by atoms with Gasteiger partial charge in [-0.1, -0.05) is 100.0 Å². The summed E-state index contributed by atoms with van der Waals surface area (Å²) in [6, 6.07) is 14.1. The zero-order chi connectivity index (χ0) is 46.9. The van der Waals surface area contributed by atoms with Crippen molar-refractivity contribution in [2.24, 2.45) is 23.3 Å². The van der Waals surface area contributed by atoms with Gasteiger partial charge in [0.05, 0.1) is 11.1 Å². The number of fused-ring (bicyclic) bond motifs is 1. The third-order valence-electron chi connectivity index (χ3n) is 10.7. The highest BCUT2D eigenvalue weighted by Crippen LogP contribution is 2.31. The number of phenolic OH excluding ortho intramolecular Hbond substituents is 1. The normalized spacial score (nSPS) is 14.2. The molecular formula is C47H63ClN8O8. The maximum absolute atomic E-state index is 14.4. The second kappa shape index (κ2) is 24.8. The van der Waals surface area contributed by atoms with Crippen LogP contribution in [-0.4, -0.2) is 93.5 Å². The Labute approximate surface area is 379 Å². The minimum atomic E-state index is -1.24. The molecule has 0 unspecified atom stereocenters. The summed E-state index contributed by atoms with van der Waals surface area (Å²) in [5, 5.41) is 34.7. The molecule has 0 fully saturated rings. The van der Waals surface area contributed by atoms with Gasteiger partial charge in [-0.25, -0.2) is 4.79 Å². The summed E-state index contributed by atoms with van der Waals surface area (Å²) < 4.78 is 0. The summed E-state index contributed by atoms with van der Waals surface area (Å²) in [7, 11) is 0. The Morgan fingerprint density at radius 1 is 0.641 bits per heavy atom. The number of carboxylic acids is 1. The van der Waals surface area contributed by atoms with E-state index < -0.39 is 71.8 Å². The van der Waals surface area contributed by atoms with E-state index >= 15 is 0 Å². The van der Waals surface area contributed by atoms with Gasteiger partial charge in [-0.3, -0.25) is 24.0 Å². The van der Waals surface area contributed by atoms with E-state index in [1.807, 2.05) is 58.0 Å². The SMILES string of the molecule is CC(C)C[C@H](NC(=O)[C@H](CC(C)C)NC(=O)[C@H](Cc1c[nH]c2cc(Cl)c(O)cc12)NC(=O)[C@@H](N)Cc1ccccc1)C(=O)N[C@@H](Cc1ccccc1)C(=O)N[C@@H](CCCCN)C(=O)O. The standard InChI is InChI=1S/C47H63ClN8O8/c1-27(2)19-37(55-46(62)40(53-42(58)34(50)21-29-13-7-5-8-14-29)23-31-26-51-36-25-33(48)41(57)24-32(31)36)43(59)54-38(20-28(3)4)44(60)56-39(22-30-15-9-6-10-16-30)45(61)52-35(47(63)64)17-11-12-18-49/h5-10,13-16,24-28,34-35,37-40,51,57H,11-12,17-23,49-50H2,1-4H3,(H,52,61)(H,53,58)(H,54,59)(H,55,62)(H,56,60)(H,63,64)/t34-,35-,37-,38-,39-,40-/m0/s1. The average molecular weight is 904 g/mol. The number of aromatic nitrogens is 1. The smallest absolute Gasteiger partial charge is 0.326 e. The van der Waals surface area contributed by atoms with Gasteiger partial charge in [0.1, 0.15) is 36.0 Å². The quantitative estimate of drug-likeness (QED) is 0.0432. The van der Waals surface area contributed by atoms with Crippen LogP contribution in [0.15, 0.2) is 79.0 Å². The molecule has 0 bridgehead atoms. The highest BCUT2D eigenvalue weighted by Gasteiger charge is 2.34. The molecule has 1 aromatic heterocycles. The van der Waals surface area contributed by atoms with Gasteiger partial charge in [-0.05, 0) is 85.7 Å². The molecule has 0 spiro atoms. The van der Waals surface area contributed by atoms with Crippen LogP contribution in [0.25, 0.3) is 10.9 Å². The number of carbonyl (C=O) groups excluding carboxylic acids is 5. The van der Waals surface area contributed by atoms with Crippen molar-refractivity contribution in [2.75, 3.05) is 6.54 Å². The van der Waals surface area contributed by atoms with Crippen molar-refractivity contribution in [1.29, 1.82) is 0 Å².